The SMILES string of the molecule is Cc1ccc(N2CC(C(=O)Nc3cc(C)nn3-c3nc4c(cnn4-c4cccc(C)c4)c(=O)[nH]3)CC2=O)cc1. The molecule has 0 aliphatic carbocycles. The Morgan fingerprint density at radius 1 is 0.974 bits per heavy atom. The quantitative estimate of drug-likeness (QED) is 0.365. The second-order valence-corrected chi connectivity index (χ2v) is 9.84. The Balaban J connectivity index is 1.30. The summed E-state index contributed by atoms with van der Waals surface area (Å²) in [6, 6.07) is 17.0. The zero-order valence-electron chi connectivity index (χ0n) is 21.7. The first-order chi connectivity index (χ1) is 18.8. The van der Waals surface area contributed by atoms with E-state index in [-0.39, 0.29) is 36.3 Å². The molecule has 1 fully saturated rings. The van der Waals surface area contributed by atoms with Crippen molar-refractivity contribution in [2.45, 2.75) is 27.2 Å². The number of aromatic nitrogens is 6. The minimum Gasteiger partial charge on any atom is -0.312 e. The molecule has 4 heterocycles. The Kier molecular flexibility index (Phi) is 5.82. The molecular weight excluding hydrogens is 496 g/mol. The third-order valence-corrected chi connectivity index (χ3v) is 6.80. The van der Waals surface area contributed by atoms with E-state index in [9.17, 15) is 14.4 Å². The summed E-state index contributed by atoms with van der Waals surface area (Å²) in [5, 5.41) is 12.0. The topological polar surface area (TPSA) is 131 Å². The lowest BCUT2D eigenvalue weighted by Gasteiger charge is -2.17. The van der Waals surface area contributed by atoms with Gasteiger partial charge >= 0.3 is 0 Å². The van der Waals surface area contributed by atoms with E-state index in [0.29, 0.717) is 22.5 Å². The Labute approximate surface area is 223 Å². The van der Waals surface area contributed by atoms with Crippen LogP contribution in [0.4, 0.5) is 11.5 Å². The van der Waals surface area contributed by atoms with Crippen molar-refractivity contribution >= 4 is 34.4 Å². The van der Waals surface area contributed by atoms with Gasteiger partial charge in [-0.25, -0.2) is 4.68 Å². The smallest absolute Gasteiger partial charge is 0.263 e. The maximum atomic E-state index is 13.3. The lowest BCUT2D eigenvalue weighted by atomic mass is 10.1. The molecule has 1 atom stereocenters. The van der Waals surface area contributed by atoms with Crippen LogP contribution in [0.2, 0.25) is 0 Å². The number of benzene rings is 2. The van der Waals surface area contributed by atoms with Gasteiger partial charge in [-0.2, -0.15) is 19.9 Å². The summed E-state index contributed by atoms with van der Waals surface area (Å²) in [5.41, 5.74) is 4.26. The standard InChI is InChI=1S/C28H26N8O3/c1-16-7-9-20(10-8-16)34-15-19(13-24(34)37)26(38)30-23-12-18(3)33-36(23)28-31-25-22(27(39)32-28)14-29-35(25)21-6-4-5-17(2)11-21/h4-12,14,19H,13,15H2,1-3H3,(H,30,38)(H,31,32,39). The number of rotatable bonds is 5. The highest BCUT2D eigenvalue weighted by atomic mass is 16.2. The van der Waals surface area contributed by atoms with Gasteiger partial charge in [-0.1, -0.05) is 29.8 Å². The molecule has 1 saturated heterocycles. The van der Waals surface area contributed by atoms with Crippen molar-refractivity contribution in [2.75, 3.05) is 16.8 Å². The molecular formula is C28H26N8O3. The lowest BCUT2D eigenvalue weighted by Crippen LogP contribution is -2.28. The summed E-state index contributed by atoms with van der Waals surface area (Å²) in [6.07, 6.45) is 1.57. The molecule has 0 spiro atoms. The fourth-order valence-electron chi connectivity index (χ4n) is 4.79. The van der Waals surface area contributed by atoms with Crippen LogP contribution >= 0.6 is 0 Å². The normalized spacial score (nSPS) is 15.3. The first-order valence-electron chi connectivity index (χ1n) is 12.6. The third-order valence-electron chi connectivity index (χ3n) is 6.80. The maximum absolute atomic E-state index is 13.3. The van der Waals surface area contributed by atoms with Crippen LogP contribution in [0, 0.1) is 26.7 Å². The summed E-state index contributed by atoms with van der Waals surface area (Å²) in [6.45, 7) is 6.00. The molecule has 39 heavy (non-hydrogen) atoms. The van der Waals surface area contributed by atoms with Gasteiger partial charge in [0.25, 0.3) is 5.56 Å². The fourth-order valence-corrected chi connectivity index (χ4v) is 4.79. The highest BCUT2D eigenvalue weighted by Crippen LogP contribution is 2.27. The maximum Gasteiger partial charge on any atom is 0.263 e. The summed E-state index contributed by atoms with van der Waals surface area (Å²) in [4.78, 5) is 47.9. The molecule has 0 bridgehead atoms. The molecule has 196 valence electrons. The molecule has 2 N–H and O–H groups in total. The summed E-state index contributed by atoms with van der Waals surface area (Å²) in [5.74, 6) is -0.492. The van der Waals surface area contributed by atoms with E-state index in [1.165, 1.54) is 10.9 Å². The first-order valence-corrected chi connectivity index (χ1v) is 12.6. The molecule has 3 aromatic heterocycles. The van der Waals surface area contributed by atoms with Crippen molar-refractivity contribution < 1.29 is 9.59 Å². The van der Waals surface area contributed by atoms with Crippen LogP contribution in [-0.4, -0.2) is 47.9 Å². The van der Waals surface area contributed by atoms with Gasteiger partial charge in [0.05, 0.1) is 23.5 Å². The monoisotopic (exact) mass is 522 g/mol. The fraction of sp³-hybridized carbons (Fsp3) is 0.214. The highest BCUT2D eigenvalue weighted by molar-refractivity contribution is 6.03. The Morgan fingerprint density at radius 3 is 2.54 bits per heavy atom. The molecule has 0 saturated carbocycles. The van der Waals surface area contributed by atoms with Crippen molar-refractivity contribution in [3.8, 4) is 11.6 Å². The van der Waals surface area contributed by atoms with E-state index in [4.69, 9.17) is 0 Å². The number of nitrogens with zero attached hydrogens (tertiary/aromatic N) is 6. The minimum absolute atomic E-state index is 0.101. The molecule has 1 unspecified atom stereocenters. The first kappa shape index (κ1) is 24.3. The number of fused-ring (bicyclic) bond motifs is 1. The molecule has 11 nitrogen and oxygen atoms in total. The van der Waals surface area contributed by atoms with Crippen LogP contribution in [-0.2, 0) is 9.59 Å². The number of aryl methyl sites for hydroxylation is 3. The number of carbonyl (C=O) groups excluding carboxylic acids is 2. The third kappa shape index (κ3) is 4.48. The van der Waals surface area contributed by atoms with E-state index in [1.54, 1.807) is 22.6 Å². The molecule has 1 aliphatic heterocycles. The lowest BCUT2D eigenvalue weighted by molar-refractivity contribution is -0.122. The van der Waals surface area contributed by atoms with E-state index in [2.05, 4.69) is 25.5 Å². The van der Waals surface area contributed by atoms with Gasteiger partial charge in [-0.05, 0) is 50.6 Å². The number of H-pyrrole nitrogens is 1. The van der Waals surface area contributed by atoms with Crippen LogP contribution in [0.15, 0.2) is 65.6 Å². The average molecular weight is 523 g/mol. The molecule has 11 heteroatoms. The van der Waals surface area contributed by atoms with E-state index in [1.807, 2.05) is 62.4 Å². The summed E-state index contributed by atoms with van der Waals surface area (Å²) < 4.78 is 2.98. The Hall–Kier alpha value is -5.06. The Morgan fingerprint density at radius 2 is 1.77 bits per heavy atom. The van der Waals surface area contributed by atoms with Gasteiger partial charge in [0.1, 0.15) is 11.2 Å². The molecule has 0 radical (unpaired) electrons. The van der Waals surface area contributed by atoms with Gasteiger partial charge in [0, 0.05) is 24.7 Å². The highest BCUT2D eigenvalue weighted by Gasteiger charge is 2.35. The zero-order chi connectivity index (χ0) is 27.3. The van der Waals surface area contributed by atoms with Gasteiger partial charge in [0.15, 0.2) is 5.65 Å². The average Bonchev–Trinajstić information content (AvgIpc) is 3.61. The molecule has 1 aliphatic rings. The molecule has 2 amide bonds. The molecule has 2 aromatic carbocycles. The molecule has 6 rings (SSSR count). The van der Waals surface area contributed by atoms with E-state index in [0.717, 1.165) is 22.5 Å². The number of amides is 2. The van der Waals surface area contributed by atoms with Gasteiger partial charge in [-0.3, -0.25) is 19.4 Å². The number of carbonyl (C=O) groups is 2. The minimum atomic E-state index is -0.542. The second kappa shape index (κ2) is 9.35. The number of nitrogens with one attached hydrogen (secondary N) is 2. The van der Waals surface area contributed by atoms with Crippen molar-refractivity contribution in [3.63, 3.8) is 0 Å². The number of aromatic amines is 1. The van der Waals surface area contributed by atoms with Gasteiger partial charge in [-0.15, -0.1) is 0 Å². The van der Waals surface area contributed by atoms with Crippen molar-refractivity contribution in [1.82, 2.24) is 29.5 Å². The van der Waals surface area contributed by atoms with Crippen LogP contribution in [0.3, 0.4) is 0 Å². The predicted molar refractivity (Wildman–Crippen MR) is 146 cm³/mol. The summed E-state index contributed by atoms with van der Waals surface area (Å²) >= 11 is 0. The van der Waals surface area contributed by atoms with Crippen LogP contribution in [0.5, 0.6) is 0 Å². The number of hydrogen-bond acceptors (Lipinski definition) is 6. The van der Waals surface area contributed by atoms with E-state index >= 15 is 0 Å². The predicted octanol–water partition coefficient (Wildman–Crippen LogP) is 3.21. The van der Waals surface area contributed by atoms with Gasteiger partial charge in [0.2, 0.25) is 17.8 Å². The van der Waals surface area contributed by atoms with Crippen LogP contribution in [0.1, 0.15) is 23.2 Å². The van der Waals surface area contributed by atoms with Gasteiger partial charge < -0.3 is 10.2 Å². The van der Waals surface area contributed by atoms with Crippen molar-refractivity contribution in [3.05, 3.63) is 88.0 Å². The number of anilines is 2. The summed E-state index contributed by atoms with van der Waals surface area (Å²) in [7, 11) is 0. The zero-order valence-corrected chi connectivity index (χ0v) is 21.7. The van der Waals surface area contributed by atoms with E-state index < -0.39 is 5.92 Å². The van der Waals surface area contributed by atoms with Crippen LogP contribution in [0.25, 0.3) is 22.7 Å². The second-order valence-electron chi connectivity index (χ2n) is 9.84. The molecule has 5 aromatic rings. The largest absolute Gasteiger partial charge is 0.312 e. The van der Waals surface area contributed by atoms with Crippen molar-refractivity contribution in [2.24, 2.45) is 5.92 Å². The van der Waals surface area contributed by atoms with Crippen molar-refractivity contribution in [1.29, 1.82) is 0 Å². The Bertz CT molecular complexity index is 1800. The van der Waals surface area contributed by atoms with Crippen LogP contribution < -0.4 is 15.8 Å². The number of hydrogen-bond donors (Lipinski definition) is 2.